The maximum atomic E-state index is 12.0. The summed E-state index contributed by atoms with van der Waals surface area (Å²) in [5, 5.41) is 9.29. The van der Waals surface area contributed by atoms with Gasteiger partial charge in [-0.15, -0.1) is 0 Å². The van der Waals surface area contributed by atoms with Gasteiger partial charge in [0, 0.05) is 0 Å². The second-order valence-corrected chi connectivity index (χ2v) is 5.28. The molecule has 20 heavy (non-hydrogen) atoms. The maximum absolute atomic E-state index is 12.0. The molecule has 1 N–H and O–H groups in total. The van der Waals surface area contributed by atoms with Crippen LogP contribution in [0.3, 0.4) is 0 Å². The van der Waals surface area contributed by atoms with Crippen LogP contribution in [0, 0.1) is 5.92 Å². The summed E-state index contributed by atoms with van der Waals surface area (Å²) < 4.78 is 4.72. The molecular formula is C13H20N2O5. The van der Waals surface area contributed by atoms with Gasteiger partial charge in [0.25, 0.3) is 0 Å². The second-order valence-electron chi connectivity index (χ2n) is 5.28. The van der Waals surface area contributed by atoms with Gasteiger partial charge in [0.15, 0.2) is 0 Å². The lowest BCUT2D eigenvalue weighted by Crippen LogP contribution is -2.51. The van der Waals surface area contributed by atoms with E-state index < -0.39 is 18.1 Å². The topological polar surface area (TPSA) is 87.2 Å². The Morgan fingerprint density at radius 3 is 2.70 bits per heavy atom. The monoisotopic (exact) mass is 284 g/mol. The van der Waals surface area contributed by atoms with E-state index in [0.29, 0.717) is 18.9 Å². The Morgan fingerprint density at radius 2 is 2.15 bits per heavy atom. The van der Waals surface area contributed by atoms with Gasteiger partial charge in [0.05, 0.1) is 13.1 Å². The van der Waals surface area contributed by atoms with Crippen molar-refractivity contribution in [1.82, 2.24) is 9.80 Å². The fourth-order valence-electron chi connectivity index (χ4n) is 2.78. The molecule has 2 atom stereocenters. The highest BCUT2D eigenvalue weighted by Crippen LogP contribution is 2.25. The van der Waals surface area contributed by atoms with Crippen LogP contribution >= 0.6 is 0 Å². The lowest BCUT2D eigenvalue weighted by atomic mass is 9.89. The van der Waals surface area contributed by atoms with Crippen molar-refractivity contribution in [3.8, 4) is 0 Å². The zero-order valence-electron chi connectivity index (χ0n) is 11.6. The molecule has 7 nitrogen and oxygen atoms in total. The van der Waals surface area contributed by atoms with E-state index in [1.807, 2.05) is 6.92 Å². The van der Waals surface area contributed by atoms with Gasteiger partial charge in [-0.1, -0.05) is 13.3 Å². The first-order valence-corrected chi connectivity index (χ1v) is 6.97. The number of piperidine rings is 1. The number of carboxylic acid groups (broad SMARTS) is 1. The summed E-state index contributed by atoms with van der Waals surface area (Å²) in [6, 6.07) is -0.642. The lowest BCUT2D eigenvalue weighted by molar-refractivity contribution is -0.146. The third-order valence-electron chi connectivity index (χ3n) is 4.08. The van der Waals surface area contributed by atoms with E-state index in [1.165, 1.54) is 0 Å². The van der Waals surface area contributed by atoms with E-state index in [-0.39, 0.29) is 25.6 Å². The molecule has 0 aromatic rings. The van der Waals surface area contributed by atoms with Gasteiger partial charge in [-0.2, -0.15) is 0 Å². The van der Waals surface area contributed by atoms with Crippen LogP contribution in [-0.2, 0) is 14.3 Å². The van der Waals surface area contributed by atoms with Crippen molar-refractivity contribution < 1.29 is 24.2 Å². The van der Waals surface area contributed by atoms with Gasteiger partial charge in [-0.05, 0) is 25.3 Å². The summed E-state index contributed by atoms with van der Waals surface area (Å²) in [6.07, 6.45) is 1.76. The highest BCUT2D eigenvalue weighted by atomic mass is 16.6. The zero-order chi connectivity index (χ0) is 14.7. The average Bonchev–Trinajstić information content (AvgIpc) is 2.85. The van der Waals surface area contributed by atoms with Crippen molar-refractivity contribution in [3.05, 3.63) is 0 Å². The van der Waals surface area contributed by atoms with E-state index in [1.54, 1.807) is 4.90 Å². The number of imide groups is 1. The first-order valence-electron chi connectivity index (χ1n) is 6.97. The van der Waals surface area contributed by atoms with Crippen LogP contribution in [0.4, 0.5) is 4.79 Å². The van der Waals surface area contributed by atoms with E-state index in [0.717, 1.165) is 17.7 Å². The molecule has 2 unspecified atom stereocenters. The van der Waals surface area contributed by atoms with Gasteiger partial charge >= 0.3 is 12.1 Å². The number of amides is 2. The van der Waals surface area contributed by atoms with Gasteiger partial charge in [-0.3, -0.25) is 14.5 Å². The molecule has 0 radical (unpaired) electrons. The average molecular weight is 284 g/mol. The summed E-state index contributed by atoms with van der Waals surface area (Å²) >= 11 is 0. The van der Waals surface area contributed by atoms with Gasteiger partial charge in [-0.25, -0.2) is 9.69 Å². The van der Waals surface area contributed by atoms with Crippen molar-refractivity contribution in [3.63, 3.8) is 0 Å². The molecule has 2 heterocycles. The van der Waals surface area contributed by atoms with Crippen LogP contribution in [0.15, 0.2) is 0 Å². The van der Waals surface area contributed by atoms with Gasteiger partial charge in [0.2, 0.25) is 5.91 Å². The zero-order valence-corrected chi connectivity index (χ0v) is 11.6. The molecule has 2 fully saturated rings. The second kappa shape index (κ2) is 6.21. The number of aliphatic carboxylic acids is 1. The van der Waals surface area contributed by atoms with Crippen molar-refractivity contribution in [1.29, 1.82) is 0 Å². The number of ether oxygens (including phenoxy) is 1. The Morgan fingerprint density at radius 1 is 1.40 bits per heavy atom. The summed E-state index contributed by atoms with van der Waals surface area (Å²) in [4.78, 5) is 37.4. The molecule has 0 aliphatic carbocycles. The van der Waals surface area contributed by atoms with E-state index in [4.69, 9.17) is 4.74 Å². The minimum Gasteiger partial charge on any atom is -0.480 e. The molecule has 0 spiro atoms. The van der Waals surface area contributed by atoms with E-state index >= 15 is 0 Å². The van der Waals surface area contributed by atoms with Crippen LogP contribution in [0.5, 0.6) is 0 Å². The Bertz CT molecular complexity index is 412. The number of carbonyl (C=O) groups excluding carboxylic acids is 2. The Labute approximate surface area is 117 Å². The first kappa shape index (κ1) is 14.8. The Balaban J connectivity index is 1.98. The highest BCUT2D eigenvalue weighted by Gasteiger charge is 2.36. The molecule has 7 heteroatoms. The van der Waals surface area contributed by atoms with E-state index in [9.17, 15) is 19.5 Å². The lowest BCUT2D eigenvalue weighted by Gasteiger charge is -2.36. The first-order chi connectivity index (χ1) is 9.52. The summed E-state index contributed by atoms with van der Waals surface area (Å²) in [5.41, 5.74) is 0. The standard InChI is InChI=1S/C13H20N2O5/c1-2-9-3-4-14(10(7-9)12(17)18)8-11(16)15-5-6-20-13(15)19/h9-10H,2-8H2,1H3,(H,17,18). The number of likely N-dealkylation sites (tertiary alicyclic amines) is 1. The Kier molecular flexibility index (Phi) is 4.59. The number of cyclic esters (lactones) is 1. The van der Waals surface area contributed by atoms with Crippen LogP contribution in [0.1, 0.15) is 26.2 Å². The quantitative estimate of drug-likeness (QED) is 0.810. The van der Waals surface area contributed by atoms with Crippen LogP contribution in [0.2, 0.25) is 0 Å². The predicted octanol–water partition coefficient (Wildman–Crippen LogP) is 0.540. The molecule has 2 rings (SSSR count). The minimum absolute atomic E-state index is 0.0392. The minimum atomic E-state index is -0.903. The molecule has 2 aliphatic heterocycles. The van der Waals surface area contributed by atoms with Crippen molar-refractivity contribution in [2.24, 2.45) is 5.92 Å². The molecule has 2 amide bonds. The largest absolute Gasteiger partial charge is 0.480 e. The molecule has 0 aromatic heterocycles. The highest BCUT2D eigenvalue weighted by molar-refractivity contribution is 5.94. The molecular weight excluding hydrogens is 264 g/mol. The van der Waals surface area contributed by atoms with E-state index in [2.05, 4.69) is 0 Å². The van der Waals surface area contributed by atoms with Gasteiger partial charge in [0.1, 0.15) is 12.6 Å². The van der Waals surface area contributed by atoms with Crippen LogP contribution in [0.25, 0.3) is 0 Å². The fraction of sp³-hybridized carbons (Fsp3) is 0.769. The van der Waals surface area contributed by atoms with Crippen LogP contribution in [-0.4, -0.2) is 65.2 Å². The third kappa shape index (κ3) is 3.09. The molecule has 0 bridgehead atoms. The SMILES string of the molecule is CCC1CCN(CC(=O)N2CCOC2=O)C(C(=O)O)C1. The maximum Gasteiger partial charge on any atom is 0.416 e. The van der Waals surface area contributed by atoms with Crippen molar-refractivity contribution in [2.75, 3.05) is 26.2 Å². The number of nitrogens with zero attached hydrogens (tertiary/aromatic N) is 2. The molecule has 112 valence electrons. The number of hydrogen-bond donors (Lipinski definition) is 1. The predicted molar refractivity (Wildman–Crippen MR) is 69.1 cm³/mol. The fourth-order valence-corrected chi connectivity index (χ4v) is 2.78. The summed E-state index contributed by atoms with van der Waals surface area (Å²) in [5.74, 6) is -0.896. The molecule has 2 saturated heterocycles. The molecule has 2 aliphatic rings. The van der Waals surface area contributed by atoms with Crippen molar-refractivity contribution >= 4 is 18.0 Å². The number of hydrogen-bond acceptors (Lipinski definition) is 5. The smallest absolute Gasteiger partial charge is 0.416 e. The number of rotatable bonds is 4. The number of carboxylic acids is 1. The molecule has 0 saturated carbocycles. The molecule has 0 aromatic carbocycles. The Hall–Kier alpha value is -1.63. The van der Waals surface area contributed by atoms with Crippen molar-refractivity contribution in [2.45, 2.75) is 32.2 Å². The summed E-state index contributed by atoms with van der Waals surface area (Å²) in [7, 11) is 0. The normalized spacial score (nSPS) is 27.4. The summed E-state index contributed by atoms with van der Waals surface area (Å²) in [6.45, 7) is 3.04. The van der Waals surface area contributed by atoms with Gasteiger partial charge < -0.3 is 9.84 Å². The number of carbonyl (C=O) groups is 3. The van der Waals surface area contributed by atoms with Crippen LogP contribution < -0.4 is 0 Å². The third-order valence-corrected chi connectivity index (χ3v) is 4.08.